The molecular formula is C12H19ClN2O. The van der Waals surface area contributed by atoms with Crippen LogP contribution in [-0.4, -0.2) is 20.2 Å². The third-order valence-corrected chi connectivity index (χ3v) is 2.82. The fourth-order valence-electron chi connectivity index (χ4n) is 1.36. The van der Waals surface area contributed by atoms with Crippen LogP contribution in [-0.2, 0) is 0 Å². The molecule has 1 atom stereocenters. The van der Waals surface area contributed by atoms with Crippen molar-refractivity contribution in [2.45, 2.75) is 13.3 Å². The van der Waals surface area contributed by atoms with Crippen molar-refractivity contribution in [3.05, 3.63) is 23.2 Å². The minimum Gasteiger partial charge on any atom is -0.495 e. The molecule has 1 unspecified atom stereocenters. The van der Waals surface area contributed by atoms with Crippen molar-refractivity contribution < 1.29 is 4.74 Å². The minimum atomic E-state index is 0.543. The first-order chi connectivity index (χ1) is 7.67. The molecule has 0 aliphatic heterocycles. The zero-order valence-corrected chi connectivity index (χ0v) is 10.6. The third-order valence-electron chi connectivity index (χ3n) is 2.52. The molecule has 1 aromatic rings. The topological polar surface area (TPSA) is 47.3 Å². The van der Waals surface area contributed by atoms with Gasteiger partial charge in [0.15, 0.2) is 0 Å². The summed E-state index contributed by atoms with van der Waals surface area (Å²) in [7, 11) is 1.61. The van der Waals surface area contributed by atoms with Gasteiger partial charge in [-0.2, -0.15) is 0 Å². The first-order valence-electron chi connectivity index (χ1n) is 5.45. The van der Waals surface area contributed by atoms with Gasteiger partial charge in [0.1, 0.15) is 5.75 Å². The van der Waals surface area contributed by atoms with E-state index >= 15 is 0 Å². The van der Waals surface area contributed by atoms with Gasteiger partial charge in [-0.3, -0.25) is 0 Å². The number of nitrogens with one attached hydrogen (secondary N) is 1. The van der Waals surface area contributed by atoms with Crippen molar-refractivity contribution in [1.82, 2.24) is 0 Å². The molecule has 0 aliphatic carbocycles. The maximum absolute atomic E-state index is 6.01. The first kappa shape index (κ1) is 13.1. The van der Waals surface area contributed by atoms with E-state index in [-0.39, 0.29) is 0 Å². The Hall–Kier alpha value is -0.930. The van der Waals surface area contributed by atoms with Gasteiger partial charge in [0.05, 0.1) is 12.1 Å². The molecule has 1 aromatic carbocycles. The van der Waals surface area contributed by atoms with Gasteiger partial charge in [0.2, 0.25) is 0 Å². The van der Waals surface area contributed by atoms with Crippen molar-refractivity contribution in [3.8, 4) is 5.75 Å². The molecule has 90 valence electrons. The Balaban J connectivity index is 2.46. The molecule has 0 bridgehead atoms. The number of hydrogen-bond donors (Lipinski definition) is 2. The molecule has 0 spiro atoms. The summed E-state index contributed by atoms with van der Waals surface area (Å²) in [4.78, 5) is 0. The highest BCUT2D eigenvalue weighted by Crippen LogP contribution is 2.27. The molecule has 4 heteroatoms. The van der Waals surface area contributed by atoms with Crippen molar-refractivity contribution in [2.75, 3.05) is 25.5 Å². The maximum atomic E-state index is 6.01. The van der Waals surface area contributed by atoms with Gasteiger partial charge in [-0.1, -0.05) is 18.5 Å². The molecule has 0 aromatic heterocycles. The SMILES string of the molecule is COc1ccc(NCCC(C)CN)cc1Cl. The predicted octanol–water partition coefficient (Wildman–Crippen LogP) is 2.75. The number of nitrogens with two attached hydrogens (primary N) is 1. The van der Waals surface area contributed by atoms with E-state index in [0.29, 0.717) is 16.7 Å². The van der Waals surface area contributed by atoms with E-state index < -0.39 is 0 Å². The molecule has 3 nitrogen and oxygen atoms in total. The number of methoxy groups -OCH3 is 1. The van der Waals surface area contributed by atoms with Crippen molar-refractivity contribution >= 4 is 17.3 Å². The summed E-state index contributed by atoms with van der Waals surface area (Å²) in [6, 6.07) is 5.68. The highest BCUT2D eigenvalue weighted by Gasteiger charge is 2.02. The lowest BCUT2D eigenvalue weighted by Crippen LogP contribution is -2.14. The number of ether oxygens (including phenoxy) is 1. The fourth-order valence-corrected chi connectivity index (χ4v) is 1.61. The van der Waals surface area contributed by atoms with E-state index in [0.717, 1.165) is 25.2 Å². The van der Waals surface area contributed by atoms with Crippen LogP contribution < -0.4 is 15.8 Å². The zero-order chi connectivity index (χ0) is 12.0. The molecule has 0 amide bonds. The largest absolute Gasteiger partial charge is 0.495 e. The van der Waals surface area contributed by atoms with Gasteiger partial charge in [0, 0.05) is 12.2 Å². The van der Waals surface area contributed by atoms with Crippen LogP contribution in [0.1, 0.15) is 13.3 Å². The molecule has 0 heterocycles. The molecule has 16 heavy (non-hydrogen) atoms. The Morgan fingerprint density at radius 2 is 2.25 bits per heavy atom. The summed E-state index contributed by atoms with van der Waals surface area (Å²) in [5.74, 6) is 1.24. The second-order valence-electron chi connectivity index (χ2n) is 3.91. The second kappa shape index (κ2) is 6.61. The summed E-state index contributed by atoms with van der Waals surface area (Å²) < 4.78 is 5.08. The highest BCUT2D eigenvalue weighted by molar-refractivity contribution is 6.32. The lowest BCUT2D eigenvalue weighted by Gasteiger charge is -2.11. The Kier molecular flexibility index (Phi) is 5.43. The van der Waals surface area contributed by atoms with Crippen LogP contribution in [0.3, 0.4) is 0 Å². The highest BCUT2D eigenvalue weighted by atomic mass is 35.5. The number of hydrogen-bond acceptors (Lipinski definition) is 3. The Labute approximate surface area is 102 Å². The molecule has 3 N–H and O–H groups in total. The third kappa shape index (κ3) is 3.91. The lowest BCUT2D eigenvalue weighted by molar-refractivity contribution is 0.415. The van der Waals surface area contributed by atoms with Crippen molar-refractivity contribution in [1.29, 1.82) is 0 Å². The van der Waals surface area contributed by atoms with E-state index in [9.17, 15) is 0 Å². The molecule has 0 fully saturated rings. The monoisotopic (exact) mass is 242 g/mol. The van der Waals surface area contributed by atoms with E-state index in [2.05, 4.69) is 12.2 Å². The van der Waals surface area contributed by atoms with Gasteiger partial charge in [0.25, 0.3) is 0 Å². The van der Waals surface area contributed by atoms with Crippen LogP contribution in [0.25, 0.3) is 0 Å². The summed E-state index contributed by atoms with van der Waals surface area (Å²) in [6.45, 7) is 3.77. The minimum absolute atomic E-state index is 0.543. The van der Waals surface area contributed by atoms with Gasteiger partial charge < -0.3 is 15.8 Å². The smallest absolute Gasteiger partial charge is 0.137 e. The van der Waals surface area contributed by atoms with Crippen LogP contribution in [0.5, 0.6) is 5.75 Å². The van der Waals surface area contributed by atoms with Crippen LogP contribution in [0, 0.1) is 5.92 Å². The molecule has 0 aliphatic rings. The van der Waals surface area contributed by atoms with Gasteiger partial charge in [-0.25, -0.2) is 0 Å². The normalized spacial score (nSPS) is 12.2. The maximum Gasteiger partial charge on any atom is 0.137 e. The summed E-state index contributed by atoms with van der Waals surface area (Å²) in [5.41, 5.74) is 6.56. The Bertz CT molecular complexity index is 331. The lowest BCUT2D eigenvalue weighted by atomic mass is 10.1. The summed E-state index contributed by atoms with van der Waals surface area (Å²) >= 11 is 6.01. The second-order valence-corrected chi connectivity index (χ2v) is 4.31. The van der Waals surface area contributed by atoms with Gasteiger partial charge >= 0.3 is 0 Å². The standard InChI is InChI=1S/C12H19ClN2O/c1-9(8-14)5-6-15-10-3-4-12(16-2)11(13)7-10/h3-4,7,9,15H,5-6,8,14H2,1-2H3. The molecular weight excluding hydrogens is 224 g/mol. The van der Waals surface area contributed by atoms with Crippen molar-refractivity contribution in [3.63, 3.8) is 0 Å². The van der Waals surface area contributed by atoms with Gasteiger partial charge in [-0.05, 0) is 37.1 Å². The molecule has 0 saturated carbocycles. The Morgan fingerprint density at radius 3 is 2.81 bits per heavy atom. The van der Waals surface area contributed by atoms with E-state index in [4.69, 9.17) is 22.1 Å². The first-order valence-corrected chi connectivity index (χ1v) is 5.82. The zero-order valence-electron chi connectivity index (χ0n) is 9.79. The van der Waals surface area contributed by atoms with E-state index in [1.54, 1.807) is 7.11 Å². The summed E-state index contributed by atoms with van der Waals surface area (Å²) in [6.07, 6.45) is 1.06. The fraction of sp³-hybridized carbons (Fsp3) is 0.500. The average molecular weight is 243 g/mol. The van der Waals surface area contributed by atoms with E-state index in [1.165, 1.54) is 0 Å². The van der Waals surface area contributed by atoms with Crippen LogP contribution in [0.4, 0.5) is 5.69 Å². The van der Waals surface area contributed by atoms with Crippen molar-refractivity contribution in [2.24, 2.45) is 11.7 Å². The van der Waals surface area contributed by atoms with E-state index in [1.807, 2.05) is 18.2 Å². The number of rotatable bonds is 6. The number of anilines is 1. The van der Waals surface area contributed by atoms with Gasteiger partial charge in [-0.15, -0.1) is 0 Å². The van der Waals surface area contributed by atoms with Crippen LogP contribution in [0.15, 0.2) is 18.2 Å². The summed E-state index contributed by atoms with van der Waals surface area (Å²) in [5, 5.41) is 3.93. The quantitative estimate of drug-likeness (QED) is 0.807. The Morgan fingerprint density at radius 1 is 1.50 bits per heavy atom. The molecule has 0 saturated heterocycles. The van der Waals surface area contributed by atoms with Crippen LogP contribution >= 0.6 is 11.6 Å². The molecule has 0 radical (unpaired) electrons. The number of halogens is 1. The van der Waals surface area contributed by atoms with Crippen LogP contribution in [0.2, 0.25) is 5.02 Å². The number of benzene rings is 1. The predicted molar refractivity (Wildman–Crippen MR) is 69.3 cm³/mol. The molecule has 1 rings (SSSR count). The average Bonchev–Trinajstić information content (AvgIpc) is 2.29.